The summed E-state index contributed by atoms with van der Waals surface area (Å²) >= 11 is 0. The molecule has 1 aromatic rings. The number of benzene rings is 1. The first-order valence-corrected chi connectivity index (χ1v) is 4.66. The summed E-state index contributed by atoms with van der Waals surface area (Å²) in [7, 11) is -1.38. The zero-order chi connectivity index (χ0) is 10.2. The van der Waals surface area contributed by atoms with Gasteiger partial charge < -0.3 is 14.8 Å². The third-order valence-corrected chi connectivity index (χ3v) is 2.75. The molecular formula is C10H13BO3. The van der Waals surface area contributed by atoms with Crippen molar-refractivity contribution in [3.05, 3.63) is 29.8 Å². The highest BCUT2D eigenvalue weighted by Crippen LogP contribution is 2.30. The molecule has 1 aliphatic rings. The molecule has 1 aromatic carbocycles. The summed E-state index contributed by atoms with van der Waals surface area (Å²) in [5.41, 5.74) is 1.82. The number of ether oxygens (including phenoxy) is 1. The monoisotopic (exact) mass is 192 g/mol. The molecule has 0 aromatic heterocycles. The van der Waals surface area contributed by atoms with E-state index in [0.29, 0.717) is 5.46 Å². The minimum Gasteiger partial charge on any atom is -0.423 e. The molecule has 1 saturated heterocycles. The second kappa shape index (κ2) is 3.39. The van der Waals surface area contributed by atoms with E-state index in [2.05, 4.69) is 6.92 Å². The van der Waals surface area contributed by atoms with E-state index >= 15 is 0 Å². The van der Waals surface area contributed by atoms with Crippen molar-refractivity contribution in [1.82, 2.24) is 0 Å². The predicted molar refractivity (Wildman–Crippen MR) is 54.4 cm³/mol. The van der Waals surface area contributed by atoms with Crippen LogP contribution in [0.5, 0.6) is 0 Å². The molecule has 3 nitrogen and oxygen atoms in total. The van der Waals surface area contributed by atoms with Crippen LogP contribution in [0.15, 0.2) is 24.3 Å². The number of hydrogen-bond donors (Lipinski definition) is 2. The van der Waals surface area contributed by atoms with Crippen molar-refractivity contribution in [3.8, 4) is 0 Å². The molecule has 74 valence electrons. The molecule has 0 unspecified atom stereocenters. The molecule has 2 N–H and O–H groups in total. The normalized spacial score (nSPS) is 18.8. The molecule has 0 amide bonds. The Kier molecular flexibility index (Phi) is 2.35. The van der Waals surface area contributed by atoms with E-state index in [1.807, 2.05) is 12.1 Å². The molecule has 0 saturated carbocycles. The average molecular weight is 192 g/mol. The molecular weight excluding hydrogens is 179 g/mol. The summed E-state index contributed by atoms with van der Waals surface area (Å²) in [4.78, 5) is 0. The van der Waals surface area contributed by atoms with E-state index in [1.165, 1.54) is 5.56 Å². The second-order valence-corrected chi connectivity index (χ2v) is 4.05. The largest absolute Gasteiger partial charge is 0.488 e. The second-order valence-electron chi connectivity index (χ2n) is 4.05. The predicted octanol–water partition coefficient (Wildman–Crippen LogP) is -0.346. The van der Waals surface area contributed by atoms with Gasteiger partial charge in [-0.3, -0.25) is 0 Å². The zero-order valence-electron chi connectivity index (χ0n) is 8.10. The van der Waals surface area contributed by atoms with E-state index < -0.39 is 7.12 Å². The highest BCUT2D eigenvalue weighted by Gasteiger charge is 2.35. The topological polar surface area (TPSA) is 49.7 Å². The van der Waals surface area contributed by atoms with E-state index in [0.717, 1.165) is 13.2 Å². The summed E-state index contributed by atoms with van der Waals surface area (Å²) in [6.45, 7) is 3.63. The minimum atomic E-state index is -1.38. The Morgan fingerprint density at radius 3 is 2.14 bits per heavy atom. The maximum absolute atomic E-state index is 8.92. The Morgan fingerprint density at radius 2 is 1.79 bits per heavy atom. The molecule has 0 radical (unpaired) electrons. The van der Waals surface area contributed by atoms with Crippen LogP contribution in [0.2, 0.25) is 0 Å². The van der Waals surface area contributed by atoms with E-state index in [9.17, 15) is 0 Å². The van der Waals surface area contributed by atoms with Crippen LogP contribution in [0.3, 0.4) is 0 Å². The lowest BCUT2D eigenvalue weighted by molar-refractivity contribution is -0.0499. The lowest BCUT2D eigenvalue weighted by Gasteiger charge is -2.38. The van der Waals surface area contributed by atoms with Gasteiger partial charge in [0.25, 0.3) is 0 Å². The SMILES string of the molecule is CC1(c2ccc(B(O)O)cc2)COC1. The van der Waals surface area contributed by atoms with Crippen molar-refractivity contribution in [1.29, 1.82) is 0 Å². The van der Waals surface area contributed by atoms with Crippen molar-refractivity contribution < 1.29 is 14.8 Å². The maximum atomic E-state index is 8.92. The molecule has 0 aliphatic carbocycles. The Labute approximate surface area is 83.5 Å². The molecule has 1 fully saturated rings. The molecule has 2 rings (SSSR count). The van der Waals surface area contributed by atoms with Crippen LogP contribution in [0.1, 0.15) is 12.5 Å². The lowest BCUT2D eigenvalue weighted by Crippen LogP contribution is -2.44. The van der Waals surface area contributed by atoms with Crippen LogP contribution in [0.25, 0.3) is 0 Å². The van der Waals surface area contributed by atoms with Crippen molar-refractivity contribution in [2.45, 2.75) is 12.3 Å². The van der Waals surface area contributed by atoms with Crippen LogP contribution in [0, 0.1) is 0 Å². The quantitative estimate of drug-likeness (QED) is 0.630. The van der Waals surface area contributed by atoms with Gasteiger partial charge in [-0.1, -0.05) is 31.2 Å². The van der Waals surface area contributed by atoms with Crippen molar-refractivity contribution in [2.75, 3.05) is 13.2 Å². The van der Waals surface area contributed by atoms with Crippen molar-refractivity contribution >= 4 is 12.6 Å². The Hall–Kier alpha value is -0.835. The van der Waals surface area contributed by atoms with E-state index in [4.69, 9.17) is 14.8 Å². The van der Waals surface area contributed by atoms with Gasteiger partial charge in [-0.15, -0.1) is 0 Å². The third-order valence-electron chi connectivity index (χ3n) is 2.75. The van der Waals surface area contributed by atoms with Gasteiger partial charge in [0.1, 0.15) is 0 Å². The van der Waals surface area contributed by atoms with Gasteiger partial charge in [-0.25, -0.2) is 0 Å². The van der Waals surface area contributed by atoms with Gasteiger partial charge in [0.15, 0.2) is 0 Å². The highest BCUT2D eigenvalue weighted by molar-refractivity contribution is 6.58. The van der Waals surface area contributed by atoms with Gasteiger partial charge in [-0.05, 0) is 11.0 Å². The smallest absolute Gasteiger partial charge is 0.423 e. The van der Waals surface area contributed by atoms with Gasteiger partial charge >= 0.3 is 7.12 Å². The zero-order valence-corrected chi connectivity index (χ0v) is 8.10. The summed E-state index contributed by atoms with van der Waals surface area (Å²) < 4.78 is 5.17. The summed E-state index contributed by atoms with van der Waals surface area (Å²) in [5, 5.41) is 17.8. The Bertz CT molecular complexity index is 317. The Morgan fingerprint density at radius 1 is 1.21 bits per heavy atom. The van der Waals surface area contributed by atoms with Gasteiger partial charge in [0, 0.05) is 5.41 Å². The first-order valence-electron chi connectivity index (χ1n) is 4.66. The average Bonchev–Trinajstić information content (AvgIpc) is 2.14. The fourth-order valence-corrected chi connectivity index (χ4v) is 1.63. The molecule has 0 spiro atoms. The van der Waals surface area contributed by atoms with E-state index in [-0.39, 0.29) is 5.41 Å². The minimum absolute atomic E-state index is 0.110. The molecule has 1 heterocycles. The third kappa shape index (κ3) is 1.56. The van der Waals surface area contributed by atoms with Gasteiger partial charge in [-0.2, -0.15) is 0 Å². The van der Waals surface area contributed by atoms with Gasteiger partial charge in [0.05, 0.1) is 13.2 Å². The van der Waals surface area contributed by atoms with Crippen LogP contribution in [0.4, 0.5) is 0 Å². The van der Waals surface area contributed by atoms with Crippen LogP contribution < -0.4 is 5.46 Å². The fourth-order valence-electron chi connectivity index (χ4n) is 1.63. The maximum Gasteiger partial charge on any atom is 0.488 e. The van der Waals surface area contributed by atoms with E-state index in [1.54, 1.807) is 12.1 Å². The summed E-state index contributed by atoms with van der Waals surface area (Å²) in [6, 6.07) is 7.34. The summed E-state index contributed by atoms with van der Waals surface area (Å²) in [5.74, 6) is 0. The first kappa shape index (κ1) is 9.71. The molecule has 4 heteroatoms. The first-order chi connectivity index (χ1) is 6.62. The van der Waals surface area contributed by atoms with Crippen molar-refractivity contribution in [2.24, 2.45) is 0 Å². The summed E-state index contributed by atoms with van der Waals surface area (Å²) in [6.07, 6.45) is 0. The van der Waals surface area contributed by atoms with Crippen LogP contribution >= 0.6 is 0 Å². The van der Waals surface area contributed by atoms with Gasteiger partial charge in [0.2, 0.25) is 0 Å². The molecule has 14 heavy (non-hydrogen) atoms. The van der Waals surface area contributed by atoms with Crippen LogP contribution in [-0.2, 0) is 10.2 Å². The van der Waals surface area contributed by atoms with Crippen LogP contribution in [-0.4, -0.2) is 30.4 Å². The fraction of sp³-hybridized carbons (Fsp3) is 0.400. The molecule has 0 atom stereocenters. The molecule has 1 aliphatic heterocycles. The lowest BCUT2D eigenvalue weighted by atomic mass is 9.76. The van der Waals surface area contributed by atoms with Crippen molar-refractivity contribution in [3.63, 3.8) is 0 Å². The standard InChI is InChI=1S/C10H13BO3/c1-10(6-14-7-10)8-2-4-9(5-3-8)11(12)13/h2-5,12-13H,6-7H2,1H3. The molecule has 0 bridgehead atoms. The number of hydrogen-bond acceptors (Lipinski definition) is 3. The Balaban J connectivity index is 2.21. The number of rotatable bonds is 2. The highest BCUT2D eigenvalue weighted by atomic mass is 16.5.